The highest BCUT2D eigenvalue weighted by molar-refractivity contribution is 6.10. The maximum Gasteiger partial charge on any atom is 0.347 e. The van der Waals surface area contributed by atoms with Crippen molar-refractivity contribution in [2.45, 2.75) is 6.92 Å². The molecule has 150 valence electrons. The maximum absolute atomic E-state index is 12.7. The van der Waals surface area contributed by atoms with Crippen LogP contribution in [0, 0.1) is 6.92 Å². The van der Waals surface area contributed by atoms with Crippen molar-refractivity contribution in [1.29, 1.82) is 0 Å². The molecule has 0 radical (unpaired) electrons. The van der Waals surface area contributed by atoms with E-state index in [1.807, 2.05) is 43.3 Å². The number of hydrogen-bond donors (Lipinski definition) is 0. The number of allylic oxidation sites excluding steroid dienone is 1. The molecule has 0 bridgehead atoms. The van der Waals surface area contributed by atoms with E-state index in [1.54, 1.807) is 18.2 Å². The van der Waals surface area contributed by atoms with Crippen molar-refractivity contribution in [3.63, 3.8) is 0 Å². The van der Waals surface area contributed by atoms with Crippen molar-refractivity contribution in [3.8, 4) is 0 Å². The number of aryl methyl sites for hydroxylation is 1. The van der Waals surface area contributed by atoms with Crippen molar-refractivity contribution in [2.75, 3.05) is 0 Å². The summed E-state index contributed by atoms with van der Waals surface area (Å²) in [6.45, 7) is 1.88. The molecular weight excluding hydrogens is 392 g/mol. The highest BCUT2D eigenvalue weighted by Crippen LogP contribution is 2.25. The summed E-state index contributed by atoms with van der Waals surface area (Å²) in [4.78, 5) is 37.9. The van der Waals surface area contributed by atoms with Gasteiger partial charge in [-0.1, -0.05) is 48.0 Å². The molecule has 0 aliphatic carbocycles. The molecule has 5 aromatic rings. The molecule has 5 nitrogen and oxygen atoms in total. The third kappa shape index (κ3) is 3.26. The summed E-state index contributed by atoms with van der Waals surface area (Å²) < 4.78 is 11.0. The summed E-state index contributed by atoms with van der Waals surface area (Å²) in [6.07, 6.45) is 3.85. The Morgan fingerprint density at radius 1 is 0.903 bits per heavy atom. The third-order valence-electron chi connectivity index (χ3n) is 5.26. The Hall–Kier alpha value is -4.25. The van der Waals surface area contributed by atoms with Gasteiger partial charge in [0.15, 0.2) is 11.2 Å². The van der Waals surface area contributed by atoms with Crippen LogP contribution in [-0.4, -0.2) is 5.78 Å². The minimum absolute atomic E-state index is 0.0972. The first kappa shape index (κ1) is 18.8. The Labute approximate surface area is 175 Å². The van der Waals surface area contributed by atoms with Crippen molar-refractivity contribution < 1.29 is 13.6 Å². The molecule has 0 fully saturated rings. The number of hydrogen-bond acceptors (Lipinski definition) is 5. The van der Waals surface area contributed by atoms with Crippen molar-refractivity contribution in [3.05, 3.63) is 110 Å². The maximum atomic E-state index is 12.7. The summed E-state index contributed by atoms with van der Waals surface area (Å²) in [6, 6.07) is 18.1. The van der Waals surface area contributed by atoms with Gasteiger partial charge in [0.1, 0.15) is 23.0 Å². The van der Waals surface area contributed by atoms with Crippen molar-refractivity contribution in [1.82, 2.24) is 0 Å². The molecule has 31 heavy (non-hydrogen) atoms. The summed E-state index contributed by atoms with van der Waals surface area (Å²) in [5.74, 6) is -0.549. The number of carbonyl (C=O) groups excluding carboxylic acids is 1. The number of rotatable bonds is 3. The first-order chi connectivity index (χ1) is 15.0. The van der Waals surface area contributed by atoms with E-state index >= 15 is 0 Å². The molecular formula is C26H16O5. The van der Waals surface area contributed by atoms with Crippen molar-refractivity contribution >= 4 is 44.6 Å². The monoisotopic (exact) mass is 408 g/mol. The average Bonchev–Trinajstić information content (AvgIpc) is 2.78. The second-order valence-electron chi connectivity index (χ2n) is 7.37. The van der Waals surface area contributed by atoms with E-state index in [9.17, 15) is 14.4 Å². The van der Waals surface area contributed by atoms with E-state index in [2.05, 4.69) is 0 Å². The lowest BCUT2D eigenvalue weighted by atomic mass is 10.0. The highest BCUT2D eigenvalue weighted by atomic mass is 16.4. The largest absolute Gasteiger partial charge is 0.463 e. The Kier molecular flexibility index (Phi) is 4.37. The molecule has 2 heterocycles. The number of carbonyl (C=O) groups is 1. The quantitative estimate of drug-likeness (QED) is 0.176. The Balaban J connectivity index is 1.55. The SMILES string of the molecule is Cc1ccc2occ(/C=C/C(=O)c3cc4ccc5ccccc5c4oc3=O)c(=O)c2c1. The topological polar surface area (TPSA) is 77.5 Å². The van der Waals surface area contributed by atoms with Crippen LogP contribution in [0.5, 0.6) is 0 Å². The predicted octanol–water partition coefficient (Wildman–Crippen LogP) is 5.26. The van der Waals surface area contributed by atoms with Crippen LogP contribution < -0.4 is 11.1 Å². The second kappa shape index (κ2) is 7.22. The first-order valence-corrected chi connectivity index (χ1v) is 9.71. The molecule has 0 saturated heterocycles. The molecule has 5 heteroatoms. The van der Waals surface area contributed by atoms with E-state index in [0.29, 0.717) is 21.9 Å². The van der Waals surface area contributed by atoms with E-state index in [0.717, 1.165) is 16.3 Å². The molecule has 0 atom stereocenters. The Morgan fingerprint density at radius 2 is 1.71 bits per heavy atom. The summed E-state index contributed by atoms with van der Waals surface area (Å²) in [7, 11) is 0. The molecule has 2 aromatic heterocycles. The minimum Gasteiger partial charge on any atom is -0.463 e. The lowest BCUT2D eigenvalue weighted by molar-refractivity contribution is 0.104. The molecule has 0 aliphatic rings. The molecule has 3 aromatic carbocycles. The van der Waals surface area contributed by atoms with E-state index in [4.69, 9.17) is 8.83 Å². The molecule has 0 spiro atoms. The number of fused-ring (bicyclic) bond motifs is 4. The Morgan fingerprint density at radius 3 is 2.58 bits per heavy atom. The highest BCUT2D eigenvalue weighted by Gasteiger charge is 2.13. The minimum atomic E-state index is -0.723. The standard InChI is InChI=1S/C26H16O5/c1-15-6-11-23-21(12-15)24(28)18(14-30-23)9-10-22(27)20-13-17-8-7-16-4-2-3-5-19(16)25(17)31-26(20)29/h2-14H,1H3/b10-9+. The fraction of sp³-hybridized carbons (Fsp3) is 0.0385. The van der Waals surface area contributed by atoms with Crippen LogP contribution in [0.3, 0.4) is 0 Å². The van der Waals surface area contributed by atoms with Gasteiger partial charge in [0.25, 0.3) is 0 Å². The van der Waals surface area contributed by atoms with E-state index < -0.39 is 11.4 Å². The zero-order chi connectivity index (χ0) is 21.5. The molecule has 0 unspecified atom stereocenters. The number of benzene rings is 3. The van der Waals surface area contributed by atoms with Crippen LogP contribution in [0.1, 0.15) is 21.5 Å². The van der Waals surface area contributed by atoms with E-state index in [-0.39, 0.29) is 16.6 Å². The fourth-order valence-corrected chi connectivity index (χ4v) is 3.65. The normalized spacial score (nSPS) is 11.6. The summed E-state index contributed by atoms with van der Waals surface area (Å²) >= 11 is 0. The summed E-state index contributed by atoms with van der Waals surface area (Å²) in [5, 5.41) is 2.83. The zero-order valence-electron chi connectivity index (χ0n) is 16.5. The van der Waals surface area contributed by atoms with Crippen LogP contribution in [0.4, 0.5) is 0 Å². The lowest BCUT2D eigenvalue weighted by Crippen LogP contribution is -2.12. The van der Waals surface area contributed by atoms with Gasteiger partial charge < -0.3 is 8.83 Å². The van der Waals surface area contributed by atoms with Gasteiger partial charge in [0, 0.05) is 10.8 Å². The average molecular weight is 408 g/mol. The molecule has 5 rings (SSSR count). The van der Waals surface area contributed by atoms with Crippen LogP contribution in [0.25, 0.3) is 38.8 Å². The van der Waals surface area contributed by atoms with Crippen LogP contribution in [0.2, 0.25) is 0 Å². The summed E-state index contributed by atoms with van der Waals surface area (Å²) in [5.41, 5.74) is 1.00. The zero-order valence-corrected chi connectivity index (χ0v) is 16.5. The first-order valence-electron chi connectivity index (χ1n) is 9.71. The lowest BCUT2D eigenvalue weighted by Gasteiger charge is -2.03. The van der Waals surface area contributed by atoms with Crippen molar-refractivity contribution in [2.24, 2.45) is 0 Å². The molecule has 0 aliphatic heterocycles. The third-order valence-corrected chi connectivity index (χ3v) is 5.26. The van der Waals surface area contributed by atoms with E-state index in [1.165, 1.54) is 24.5 Å². The second-order valence-corrected chi connectivity index (χ2v) is 7.37. The fourth-order valence-electron chi connectivity index (χ4n) is 3.65. The van der Waals surface area contributed by atoms with Crippen LogP contribution in [0.15, 0.2) is 91.4 Å². The van der Waals surface area contributed by atoms with Gasteiger partial charge >= 0.3 is 5.63 Å². The molecule has 0 N–H and O–H groups in total. The molecule has 0 saturated carbocycles. The van der Waals surface area contributed by atoms with Crippen LogP contribution >= 0.6 is 0 Å². The van der Waals surface area contributed by atoms with Gasteiger partial charge in [-0.15, -0.1) is 0 Å². The predicted molar refractivity (Wildman–Crippen MR) is 121 cm³/mol. The number of ketones is 1. The van der Waals surface area contributed by atoms with Gasteiger partial charge in [-0.05, 0) is 42.7 Å². The van der Waals surface area contributed by atoms with Crippen LogP contribution in [-0.2, 0) is 0 Å². The van der Waals surface area contributed by atoms with Gasteiger partial charge in [-0.25, -0.2) is 4.79 Å². The Bertz CT molecular complexity index is 1650. The molecule has 0 amide bonds. The smallest absolute Gasteiger partial charge is 0.347 e. The van der Waals surface area contributed by atoms with Gasteiger partial charge in [0.2, 0.25) is 0 Å². The van der Waals surface area contributed by atoms with Gasteiger partial charge in [-0.3, -0.25) is 9.59 Å². The van der Waals surface area contributed by atoms with Gasteiger partial charge in [0.05, 0.1) is 10.9 Å². The van der Waals surface area contributed by atoms with Gasteiger partial charge in [-0.2, -0.15) is 0 Å².